The van der Waals surface area contributed by atoms with Gasteiger partial charge in [0.2, 0.25) is 0 Å². The Labute approximate surface area is 112 Å². The summed E-state index contributed by atoms with van der Waals surface area (Å²) in [6, 6.07) is 11.3. The van der Waals surface area contributed by atoms with Crippen LogP contribution in [0.5, 0.6) is 5.75 Å². The Hall–Kier alpha value is -2.08. The van der Waals surface area contributed by atoms with Gasteiger partial charge in [-0.2, -0.15) is 0 Å². The molecule has 0 saturated heterocycles. The van der Waals surface area contributed by atoms with Gasteiger partial charge in [0.25, 0.3) is 10.0 Å². The Kier molecular flexibility index (Phi) is 3.71. The van der Waals surface area contributed by atoms with E-state index in [0.717, 1.165) is 5.69 Å². The highest BCUT2D eigenvalue weighted by atomic mass is 32.2. The first-order valence-corrected chi connectivity index (χ1v) is 7.10. The highest BCUT2D eigenvalue weighted by Crippen LogP contribution is 2.18. The van der Waals surface area contributed by atoms with Crippen LogP contribution in [0.4, 0.5) is 5.82 Å². The van der Waals surface area contributed by atoms with Gasteiger partial charge < -0.3 is 4.74 Å². The largest absolute Gasteiger partial charge is 0.497 e. The van der Waals surface area contributed by atoms with Crippen molar-refractivity contribution in [2.75, 3.05) is 11.8 Å². The molecule has 5 nitrogen and oxygen atoms in total. The van der Waals surface area contributed by atoms with Crippen LogP contribution >= 0.6 is 0 Å². The number of hydrogen-bond acceptors (Lipinski definition) is 4. The van der Waals surface area contributed by atoms with Gasteiger partial charge in [-0.15, -0.1) is 0 Å². The molecule has 2 aromatic rings. The number of nitrogens with one attached hydrogen (secondary N) is 1. The van der Waals surface area contributed by atoms with Crippen molar-refractivity contribution in [2.24, 2.45) is 0 Å². The van der Waals surface area contributed by atoms with Gasteiger partial charge >= 0.3 is 0 Å². The van der Waals surface area contributed by atoms with E-state index in [9.17, 15) is 8.42 Å². The number of methoxy groups -OCH3 is 1. The minimum atomic E-state index is -3.62. The summed E-state index contributed by atoms with van der Waals surface area (Å²) in [7, 11) is -2.10. The molecule has 1 N–H and O–H groups in total. The van der Waals surface area contributed by atoms with Gasteiger partial charge in [-0.05, 0) is 43.3 Å². The normalized spacial score (nSPS) is 11.1. The summed E-state index contributed by atoms with van der Waals surface area (Å²) in [5, 5.41) is 0. The second kappa shape index (κ2) is 5.27. The predicted molar refractivity (Wildman–Crippen MR) is 72.8 cm³/mol. The number of pyridine rings is 1. The molecule has 2 rings (SSSR count). The summed E-state index contributed by atoms with van der Waals surface area (Å²) in [6.45, 7) is 1.80. The fourth-order valence-corrected chi connectivity index (χ4v) is 2.55. The van der Waals surface area contributed by atoms with E-state index in [0.29, 0.717) is 11.6 Å². The number of benzene rings is 1. The van der Waals surface area contributed by atoms with Gasteiger partial charge in [-0.25, -0.2) is 13.4 Å². The van der Waals surface area contributed by atoms with Crippen molar-refractivity contribution in [2.45, 2.75) is 11.8 Å². The van der Waals surface area contributed by atoms with E-state index in [-0.39, 0.29) is 4.90 Å². The van der Waals surface area contributed by atoms with Gasteiger partial charge in [0.05, 0.1) is 12.0 Å². The van der Waals surface area contributed by atoms with E-state index < -0.39 is 10.0 Å². The summed E-state index contributed by atoms with van der Waals surface area (Å²) >= 11 is 0. The Morgan fingerprint density at radius 3 is 2.37 bits per heavy atom. The first-order chi connectivity index (χ1) is 9.01. The van der Waals surface area contributed by atoms with Crippen LogP contribution in [0.25, 0.3) is 0 Å². The third kappa shape index (κ3) is 3.23. The lowest BCUT2D eigenvalue weighted by Gasteiger charge is -2.08. The molecular weight excluding hydrogens is 264 g/mol. The van der Waals surface area contributed by atoms with Crippen molar-refractivity contribution in [3.05, 3.63) is 48.2 Å². The summed E-state index contributed by atoms with van der Waals surface area (Å²) in [5.41, 5.74) is 0.745. The monoisotopic (exact) mass is 278 g/mol. The Bertz CT molecular complexity index is 667. The fraction of sp³-hybridized carbons (Fsp3) is 0.154. The average molecular weight is 278 g/mol. The molecule has 100 valence electrons. The molecule has 1 aromatic carbocycles. The van der Waals surface area contributed by atoms with Crippen molar-refractivity contribution >= 4 is 15.8 Å². The summed E-state index contributed by atoms with van der Waals surface area (Å²) in [6.07, 6.45) is 0. The Balaban J connectivity index is 2.27. The summed E-state index contributed by atoms with van der Waals surface area (Å²) < 4.78 is 31.7. The quantitative estimate of drug-likeness (QED) is 0.931. The molecule has 0 aliphatic heterocycles. The second-order valence-electron chi connectivity index (χ2n) is 3.95. The maximum atomic E-state index is 12.1. The molecule has 0 radical (unpaired) electrons. The topological polar surface area (TPSA) is 68.3 Å². The van der Waals surface area contributed by atoms with Crippen LogP contribution in [0.15, 0.2) is 47.4 Å². The molecule has 0 saturated carbocycles. The SMILES string of the molecule is COc1ccc(S(=O)(=O)Nc2cccc(C)n2)cc1. The number of aryl methyl sites for hydroxylation is 1. The molecule has 1 heterocycles. The van der Waals surface area contributed by atoms with E-state index >= 15 is 0 Å². The molecule has 19 heavy (non-hydrogen) atoms. The molecule has 6 heteroatoms. The third-order valence-corrected chi connectivity index (χ3v) is 3.87. The van der Waals surface area contributed by atoms with Crippen molar-refractivity contribution in [1.82, 2.24) is 4.98 Å². The van der Waals surface area contributed by atoms with Crippen LogP contribution in [-0.4, -0.2) is 20.5 Å². The molecule has 0 atom stereocenters. The minimum absolute atomic E-state index is 0.164. The zero-order valence-electron chi connectivity index (χ0n) is 10.6. The highest BCUT2D eigenvalue weighted by Gasteiger charge is 2.14. The van der Waals surface area contributed by atoms with Crippen LogP contribution in [0.1, 0.15) is 5.69 Å². The third-order valence-electron chi connectivity index (χ3n) is 2.50. The zero-order valence-corrected chi connectivity index (χ0v) is 11.4. The van der Waals surface area contributed by atoms with E-state index in [4.69, 9.17) is 4.74 Å². The van der Waals surface area contributed by atoms with Crippen molar-refractivity contribution in [3.63, 3.8) is 0 Å². The van der Waals surface area contributed by atoms with Crippen LogP contribution in [0.2, 0.25) is 0 Å². The number of sulfonamides is 1. The minimum Gasteiger partial charge on any atom is -0.497 e. The smallest absolute Gasteiger partial charge is 0.263 e. The molecule has 0 bridgehead atoms. The average Bonchev–Trinajstić information content (AvgIpc) is 2.38. The number of nitrogens with zero attached hydrogens (tertiary/aromatic N) is 1. The van der Waals surface area contributed by atoms with Gasteiger partial charge in [0, 0.05) is 5.69 Å². The maximum Gasteiger partial charge on any atom is 0.263 e. The first-order valence-electron chi connectivity index (χ1n) is 5.62. The van der Waals surface area contributed by atoms with Crippen molar-refractivity contribution in [1.29, 1.82) is 0 Å². The number of rotatable bonds is 4. The van der Waals surface area contributed by atoms with E-state index in [1.165, 1.54) is 19.2 Å². The van der Waals surface area contributed by atoms with Gasteiger partial charge in [-0.3, -0.25) is 4.72 Å². The van der Waals surface area contributed by atoms with Crippen LogP contribution in [0.3, 0.4) is 0 Å². The fourth-order valence-electron chi connectivity index (χ4n) is 1.55. The predicted octanol–water partition coefficient (Wildman–Crippen LogP) is 2.20. The summed E-state index contributed by atoms with van der Waals surface area (Å²) in [4.78, 5) is 4.27. The molecule has 0 spiro atoms. The highest BCUT2D eigenvalue weighted by molar-refractivity contribution is 7.92. The molecular formula is C13H14N2O3S. The van der Waals surface area contributed by atoms with E-state index in [1.54, 1.807) is 37.3 Å². The standard InChI is InChI=1S/C13H14N2O3S/c1-10-4-3-5-13(14-10)15-19(16,17)12-8-6-11(18-2)7-9-12/h3-9H,1-2H3,(H,14,15). The molecule has 0 unspecified atom stereocenters. The second-order valence-corrected chi connectivity index (χ2v) is 5.63. The molecule has 0 fully saturated rings. The van der Waals surface area contributed by atoms with Crippen molar-refractivity contribution < 1.29 is 13.2 Å². The Morgan fingerprint density at radius 2 is 1.79 bits per heavy atom. The Morgan fingerprint density at radius 1 is 1.11 bits per heavy atom. The van der Waals surface area contributed by atoms with Gasteiger partial charge in [0.15, 0.2) is 0 Å². The first kappa shape index (κ1) is 13.4. The zero-order chi connectivity index (χ0) is 13.9. The van der Waals surface area contributed by atoms with Crippen molar-refractivity contribution in [3.8, 4) is 5.75 Å². The molecule has 0 aliphatic carbocycles. The molecule has 0 aliphatic rings. The lowest BCUT2D eigenvalue weighted by molar-refractivity contribution is 0.414. The summed E-state index contributed by atoms with van der Waals surface area (Å²) in [5.74, 6) is 0.906. The van der Waals surface area contributed by atoms with Gasteiger partial charge in [-0.1, -0.05) is 6.07 Å². The van der Waals surface area contributed by atoms with E-state index in [2.05, 4.69) is 9.71 Å². The van der Waals surface area contributed by atoms with Gasteiger partial charge in [0.1, 0.15) is 11.6 Å². The van der Waals surface area contributed by atoms with Crippen LogP contribution < -0.4 is 9.46 Å². The maximum absolute atomic E-state index is 12.1. The number of ether oxygens (including phenoxy) is 1. The number of aromatic nitrogens is 1. The lowest BCUT2D eigenvalue weighted by atomic mass is 10.3. The molecule has 0 amide bonds. The lowest BCUT2D eigenvalue weighted by Crippen LogP contribution is -2.14. The number of hydrogen-bond donors (Lipinski definition) is 1. The van der Waals surface area contributed by atoms with Crippen LogP contribution in [-0.2, 0) is 10.0 Å². The molecule has 1 aromatic heterocycles. The van der Waals surface area contributed by atoms with E-state index in [1.807, 2.05) is 0 Å². The van der Waals surface area contributed by atoms with Crippen LogP contribution in [0, 0.1) is 6.92 Å². The number of anilines is 1.